The van der Waals surface area contributed by atoms with Crippen LogP contribution in [0.25, 0.3) is 0 Å². The van der Waals surface area contributed by atoms with Crippen LogP contribution in [-0.2, 0) is 26.2 Å². The van der Waals surface area contributed by atoms with Crippen LogP contribution in [0.4, 0.5) is 5.69 Å². The van der Waals surface area contributed by atoms with Gasteiger partial charge in [0.05, 0.1) is 17.2 Å². The molecule has 236 valence electrons. The number of halogens is 3. The summed E-state index contributed by atoms with van der Waals surface area (Å²) < 4.78 is 35.4. The third kappa shape index (κ3) is 8.47. The second-order valence-electron chi connectivity index (χ2n) is 10.6. The highest BCUT2D eigenvalue weighted by Gasteiger charge is 2.35. The van der Waals surface area contributed by atoms with Gasteiger partial charge >= 0.3 is 0 Å². The highest BCUT2D eigenvalue weighted by atomic mass is 79.9. The van der Waals surface area contributed by atoms with Gasteiger partial charge in [-0.05, 0) is 92.4 Å². The Morgan fingerprint density at radius 3 is 2.25 bits per heavy atom. The van der Waals surface area contributed by atoms with Crippen LogP contribution in [0.15, 0.2) is 76.1 Å². The number of anilines is 1. The van der Waals surface area contributed by atoms with E-state index in [0.29, 0.717) is 38.9 Å². The summed E-state index contributed by atoms with van der Waals surface area (Å²) in [6, 6.07) is 16.8. The zero-order valence-corrected chi connectivity index (χ0v) is 28.6. The Hall–Kier alpha value is -2.79. The lowest BCUT2D eigenvalue weighted by Crippen LogP contribution is -2.53. The van der Waals surface area contributed by atoms with Gasteiger partial charge in [-0.2, -0.15) is 0 Å². The third-order valence-electron chi connectivity index (χ3n) is 7.56. The van der Waals surface area contributed by atoms with Gasteiger partial charge in [-0.25, -0.2) is 8.42 Å². The molecule has 1 fully saturated rings. The van der Waals surface area contributed by atoms with E-state index in [0.717, 1.165) is 30.0 Å². The summed E-state index contributed by atoms with van der Waals surface area (Å²) in [6.07, 6.45) is 4.16. The van der Waals surface area contributed by atoms with E-state index in [1.54, 1.807) is 54.6 Å². The Labute approximate surface area is 277 Å². The zero-order valence-electron chi connectivity index (χ0n) is 24.6. The molecule has 0 aliphatic heterocycles. The standard InChI is InChI=1S/C32H36BrCl2N3O5S/c1-3-30(32(40)36-25-7-5-6-8-25)37(20-22-9-12-24(34)19-29(22)35)31(39)21-38(26-13-15-27(16-14-26)43-4-2)44(41,42)28-17-10-23(33)11-18-28/h9-19,25,30H,3-8,20-21H2,1-2H3,(H,36,40)/t30-/m0/s1. The maximum absolute atomic E-state index is 14.3. The normalized spacial score (nSPS) is 14.2. The van der Waals surface area contributed by atoms with Crippen LogP contribution in [0.3, 0.4) is 0 Å². The van der Waals surface area contributed by atoms with Gasteiger partial charge in [0.15, 0.2) is 0 Å². The van der Waals surface area contributed by atoms with Gasteiger partial charge in [0, 0.05) is 27.1 Å². The molecule has 1 atom stereocenters. The summed E-state index contributed by atoms with van der Waals surface area (Å²) >= 11 is 16.0. The fourth-order valence-electron chi connectivity index (χ4n) is 5.26. The second kappa shape index (κ2) is 15.5. The third-order valence-corrected chi connectivity index (χ3v) is 10.5. The van der Waals surface area contributed by atoms with E-state index in [1.165, 1.54) is 17.0 Å². The SMILES string of the molecule is CCOc1ccc(N(CC(=O)N(Cc2ccc(Cl)cc2Cl)[C@@H](CC)C(=O)NC2CCCC2)S(=O)(=O)c2ccc(Br)cc2)cc1. The van der Waals surface area contributed by atoms with Gasteiger partial charge < -0.3 is 15.0 Å². The number of benzene rings is 3. The smallest absolute Gasteiger partial charge is 0.264 e. The minimum absolute atomic E-state index is 0.0130. The lowest BCUT2D eigenvalue weighted by atomic mass is 10.1. The van der Waals surface area contributed by atoms with Crippen molar-refractivity contribution >= 4 is 66.7 Å². The summed E-state index contributed by atoms with van der Waals surface area (Å²) in [5.41, 5.74) is 0.859. The van der Waals surface area contributed by atoms with Crippen LogP contribution < -0.4 is 14.4 Å². The molecular weight excluding hydrogens is 689 g/mol. The number of hydrogen-bond donors (Lipinski definition) is 1. The first-order chi connectivity index (χ1) is 21.0. The van der Waals surface area contributed by atoms with Crippen LogP contribution >= 0.6 is 39.1 Å². The Morgan fingerprint density at radius 1 is 1.00 bits per heavy atom. The Morgan fingerprint density at radius 2 is 1.66 bits per heavy atom. The first-order valence-corrected chi connectivity index (χ1v) is 17.6. The Kier molecular flexibility index (Phi) is 12.0. The number of amides is 2. The molecule has 1 saturated carbocycles. The van der Waals surface area contributed by atoms with E-state index in [-0.39, 0.29) is 29.1 Å². The average Bonchev–Trinajstić information content (AvgIpc) is 3.50. The number of hydrogen-bond acceptors (Lipinski definition) is 5. The van der Waals surface area contributed by atoms with Crippen molar-refractivity contribution in [1.29, 1.82) is 0 Å². The molecule has 3 aromatic carbocycles. The fourth-order valence-corrected chi connectivity index (χ4v) is 7.41. The number of sulfonamides is 1. The molecule has 0 heterocycles. The van der Waals surface area contributed by atoms with Crippen LogP contribution in [0.5, 0.6) is 5.75 Å². The average molecular weight is 726 g/mol. The van der Waals surface area contributed by atoms with Gasteiger partial charge in [0.1, 0.15) is 18.3 Å². The first-order valence-electron chi connectivity index (χ1n) is 14.6. The molecule has 0 radical (unpaired) electrons. The molecule has 4 rings (SSSR count). The molecule has 0 spiro atoms. The first kappa shape index (κ1) is 34.1. The van der Waals surface area contributed by atoms with Crippen molar-refractivity contribution in [1.82, 2.24) is 10.2 Å². The van der Waals surface area contributed by atoms with Crippen LogP contribution in [-0.4, -0.2) is 50.4 Å². The number of ether oxygens (including phenoxy) is 1. The molecule has 0 bridgehead atoms. The van der Waals surface area contributed by atoms with Crippen molar-refractivity contribution in [3.05, 3.63) is 86.8 Å². The molecular formula is C32H36BrCl2N3O5S. The molecule has 8 nitrogen and oxygen atoms in total. The number of nitrogens with zero attached hydrogens (tertiary/aromatic N) is 2. The summed E-state index contributed by atoms with van der Waals surface area (Å²) in [6.45, 7) is 3.56. The summed E-state index contributed by atoms with van der Waals surface area (Å²) in [5.74, 6) is -0.266. The summed E-state index contributed by atoms with van der Waals surface area (Å²) in [4.78, 5) is 29.3. The highest BCUT2D eigenvalue weighted by molar-refractivity contribution is 9.10. The molecule has 1 N–H and O–H groups in total. The van der Waals surface area contributed by atoms with Crippen molar-refractivity contribution in [2.24, 2.45) is 0 Å². The molecule has 1 aliphatic carbocycles. The predicted octanol–water partition coefficient (Wildman–Crippen LogP) is 7.22. The molecule has 2 amide bonds. The van der Waals surface area contributed by atoms with E-state index in [2.05, 4.69) is 21.2 Å². The molecule has 0 unspecified atom stereocenters. The maximum atomic E-state index is 14.3. The molecule has 44 heavy (non-hydrogen) atoms. The van der Waals surface area contributed by atoms with Gasteiger partial charge in [0.25, 0.3) is 10.0 Å². The van der Waals surface area contributed by atoms with Crippen molar-refractivity contribution < 1.29 is 22.7 Å². The summed E-state index contributed by atoms with van der Waals surface area (Å²) in [5, 5.41) is 3.88. The van der Waals surface area contributed by atoms with Gasteiger partial charge in [-0.15, -0.1) is 0 Å². The molecule has 1 aliphatic rings. The van der Waals surface area contributed by atoms with Crippen molar-refractivity contribution in [2.75, 3.05) is 17.5 Å². The van der Waals surface area contributed by atoms with E-state index >= 15 is 0 Å². The largest absolute Gasteiger partial charge is 0.494 e. The quantitative estimate of drug-likeness (QED) is 0.201. The highest BCUT2D eigenvalue weighted by Crippen LogP contribution is 2.29. The van der Waals surface area contributed by atoms with Crippen LogP contribution in [0.1, 0.15) is 51.5 Å². The molecule has 0 aromatic heterocycles. The monoisotopic (exact) mass is 723 g/mol. The zero-order chi connectivity index (χ0) is 31.9. The number of carbonyl (C=O) groups is 2. The minimum atomic E-state index is -4.20. The van der Waals surface area contributed by atoms with Crippen molar-refractivity contribution in [3.8, 4) is 5.75 Å². The number of rotatable bonds is 13. The number of carbonyl (C=O) groups excluding carboxylic acids is 2. The van der Waals surface area contributed by atoms with Gasteiger partial charge in [-0.3, -0.25) is 13.9 Å². The molecule has 0 saturated heterocycles. The van der Waals surface area contributed by atoms with E-state index in [9.17, 15) is 18.0 Å². The second-order valence-corrected chi connectivity index (χ2v) is 14.2. The van der Waals surface area contributed by atoms with Crippen molar-refractivity contribution in [2.45, 2.75) is 69.5 Å². The Bertz CT molecular complexity index is 1550. The van der Waals surface area contributed by atoms with Crippen molar-refractivity contribution in [3.63, 3.8) is 0 Å². The van der Waals surface area contributed by atoms with Crippen LogP contribution in [0, 0.1) is 0 Å². The molecule has 12 heteroatoms. The minimum Gasteiger partial charge on any atom is -0.494 e. The van der Waals surface area contributed by atoms with E-state index in [4.69, 9.17) is 27.9 Å². The fraction of sp³-hybridized carbons (Fsp3) is 0.375. The Balaban J connectivity index is 1.73. The molecule has 3 aromatic rings. The van der Waals surface area contributed by atoms with Gasteiger partial charge in [0.2, 0.25) is 11.8 Å². The lowest BCUT2D eigenvalue weighted by Gasteiger charge is -2.34. The summed E-state index contributed by atoms with van der Waals surface area (Å²) in [7, 11) is -4.20. The maximum Gasteiger partial charge on any atom is 0.264 e. The van der Waals surface area contributed by atoms with Crippen LogP contribution in [0.2, 0.25) is 10.0 Å². The van der Waals surface area contributed by atoms with E-state index < -0.39 is 28.5 Å². The van der Waals surface area contributed by atoms with E-state index in [1.807, 2.05) is 13.8 Å². The topological polar surface area (TPSA) is 96.0 Å². The van der Waals surface area contributed by atoms with Gasteiger partial charge in [-0.1, -0.05) is 65.0 Å². The predicted molar refractivity (Wildman–Crippen MR) is 178 cm³/mol. The lowest BCUT2D eigenvalue weighted by molar-refractivity contribution is -0.140. The number of nitrogens with one attached hydrogen (secondary N) is 1.